The lowest BCUT2D eigenvalue weighted by atomic mass is 10.2. The van der Waals surface area contributed by atoms with Crippen LogP contribution < -0.4 is 10.5 Å². The highest BCUT2D eigenvalue weighted by Gasteiger charge is 2.18. The van der Waals surface area contributed by atoms with E-state index in [1.165, 1.54) is 19.2 Å². The molecule has 6 nitrogen and oxygen atoms in total. The lowest BCUT2D eigenvalue weighted by Crippen LogP contribution is -2.34. The molecule has 0 heterocycles. The van der Waals surface area contributed by atoms with Crippen LogP contribution in [0.1, 0.15) is 24.2 Å². The van der Waals surface area contributed by atoms with Gasteiger partial charge in [0.15, 0.2) is 6.61 Å². The third-order valence-electron chi connectivity index (χ3n) is 2.97. The summed E-state index contributed by atoms with van der Waals surface area (Å²) in [7, 11) is 1.25. The monoisotopic (exact) mass is 314 g/mol. The van der Waals surface area contributed by atoms with Gasteiger partial charge in [0.25, 0.3) is 5.91 Å². The van der Waals surface area contributed by atoms with Crippen molar-refractivity contribution >= 4 is 29.2 Å². The van der Waals surface area contributed by atoms with E-state index in [1.807, 2.05) is 13.8 Å². The van der Waals surface area contributed by atoms with Gasteiger partial charge < -0.3 is 20.1 Å². The number of hydrogen-bond donors (Lipinski definition) is 1. The standard InChI is InChI=1S/C14H19ClN2O4/c1-4-17(5-2)13(18)8-21-12-7-11(16)10(15)6-9(12)14(19)20-3/h6-7H,4-5,8,16H2,1-3H3. The zero-order valence-corrected chi connectivity index (χ0v) is 13.1. The highest BCUT2D eigenvalue weighted by atomic mass is 35.5. The Morgan fingerprint density at radius 2 is 1.90 bits per heavy atom. The number of nitrogens with two attached hydrogens (primary N) is 1. The third-order valence-corrected chi connectivity index (χ3v) is 3.30. The molecule has 0 aliphatic heterocycles. The van der Waals surface area contributed by atoms with Gasteiger partial charge in [-0.2, -0.15) is 0 Å². The predicted octanol–water partition coefficient (Wildman–Crippen LogP) is 1.96. The molecule has 0 aliphatic rings. The summed E-state index contributed by atoms with van der Waals surface area (Å²) in [6, 6.07) is 2.77. The van der Waals surface area contributed by atoms with Gasteiger partial charge in [-0.05, 0) is 19.9 Å². The molecule has 116 valence electrons. The normalized spacial score (nSPS) is 10.1. The van der Waals surface area contributed by atoms with Gasteiger partial charge in [-0.25, -0.2) is 4.79 Å². The molecular weight excluding hydrogens is 296 g/mol. The van der Waals surface area contributed by atoms with Crippen LogP contribution in [0.4, 0.5) is 5.69 Å². The van der Waals surface area contributed by atoms with E-state index in [1.54, 1.807) is 4.90 Å². The first-order valence-corrected chi connectivity index (χ1v) is 6.90. The maximum absolute atomic E-state index is 11.9. The molecule has 0 fully saturated rings. The molecule has 1 rings (SSSR count). The summed E-state index contributed by atoms with van der Waals surface area (Å²) in [5.74, 6) is -0.615. The average molecular weight is 315 g/mol. The van der Waals surface area contributed by atoms with Crippen molar-refractivity contribution in [2.75, 3.05) is 32.5 Å². The van der Waals surface area contributed by atoms with Gasteiger partial charge in [-0.3, -0.25) is 4.79 Å². The lowest BCUT2D eigenvalue weighted by molar-refractivity contribution is -0.132. The summed E-state index contributed by atoms with van der Waals surface area (Å²) in [4.78, 5) is 25.2. The van der Waals surface area contributed by atoms with Gasteiger partial charge in [0.2, 0.25) is 0 Å². The number of nitrogen functional groups attached to an aromatic ring is 1. The molecule has 0 bridgehead atoms. The molecule has 7 heteroatoms. The average Bonchev–Trinajstić information content (AvgIpc) is 2.48. The van der Waals surface area contributed by atoms with E-state index >= 15 is 0 Å². The first kappa shape index (κ1) is 17.1. The van der Waals surface area contributed by atoms with Crippen molar-refractivity contribution in [3.05, 3.63) is 22.7 Å². The molecule has 0 aromatic heterocycles. The molecule has 1 aromatic rings. The molecule has 0 unspecified atom stereocenters. The molecule has 0 aliphatic carbocycles. The number of halogens is 1. The summed E-state index contributed by atoms with van der Waals surface area (Å²) in [6.45, 7) is 4.74. The minimum atomic E-state index is -0.609. The predicted molar refractivity (Wildman–Crippen MR) is 80.6 cm³/mol. The van der Waals surface area contributed by atoms with E-state index in [0.29, 0.717) is 13.1 Å². The van der Waals surface area contributed by atoms with Crippen LogP contribution in [0.5, 0.6) is 5.75 Å². The molecular formula is C14H19ClN2O4. The van der Waals surface area contributed by atoms with Crippen molar-refractivity contribution in [1.82, 2.24) is 4.90 Å². The van der Waals surface area contributed by atoms with Gasteiger partial charge >= 0.3 is 5.97 Å². The minimum absolute atomic E-state index is 0.129. The maximum atomic E-state index is 11.9. The van der Waals surface area contributed by atoms with E-state index in [4.69, 9.17) is 22.1 Å². The Morgan fingerprint density at radius 3 is 2.43 bits per heavy atom. The molecule has 1 amide bonds. The highest BCUT2D eigenvalue weighted by molar-refractivity contribution is 6.33. The number of carbonyl (C=O) groups is 2. The number of anilines is 1. The molecule has 0 radical (unpaired) electrons. The second-order valence-electron chi connectivity index (χ2n) is 4.22. The number of esters is 1. The van der Waals surface area contributed by atoms with Crippen LogP contribution in [-0.2, 0) is 9.53 Å². The quantitative estimate of drug-likeness (QED) is 0.641. The molecule has 0 spiro atoms. The van der Waals surface area contributed by atoms with Crippen LogP contribution in [0.25, 0.3) is 0 Å². The van der Waals surface area contributed by atoms with Crippen LogP contribution in [0.2, 0.25) is 5.02 Å². The Bertz CT molecular complexity index is 530. The summed E-state index contributed by atoms with van der Waals surface area (Å²) < 4.78 is 10.1. The number of rotatable bonds is 6. The SMILES string of the molecule is CCN(CC)C(=O)COc1cc(N)c(Cl)cc1C(=O)OC. The van der Waals surface area contributed by atoms with Crippen LogP contribution in [0, 0.1) is 0 Å². The van der Waals surface area contributed by atoms with Gasteiger partial charge in [-0.1, -0.05) is 11.6 Å². The first-order valence-electron chi connectivity index (χ1n) is 6.52. The first-order chi connectivity index (χ1) is 9.94. The molecule has 1 aromatic carbocycles. The summed E-state index contributed by atoms with van der Waals surface area (Å²) in [5.41, 5.74) is 6.08. The lowest BCUT2D eigenvalue weighted by Gasteiger charge is -2.19. The zero-order chi connectivity index (χ0) is 16.0. The van der Waals surface area contributed by atoms with E-state index in [-0.39, 0.29) is 34.5 Å². The van der Waals surface area contributed by atoms with Crippen LogP contribution in [0.15, 0.2) is 12.1 Å². The van der Waals surface area contributed by atoms with Gasteiger partial charge in [0.05, 0.1) is 17.8 Å². The maximum Gasteiger partial charge on any atom is 0.341 e. The molecule has 0 saturated heterocycles. The second-order valence-corrected chi connectivity index (χ2v) is 4.62. The van der Waals surface area contributed by atoms with Crippen molar-refractivity contribution < 1.29 is 19.1 Å². The number of carbonyl (C=O) groups excluding carboxylic acids is 2. The number of likely N-dealkylation sites (N-methyl/N-ethyl adjacent to an activating group) is 1. The fourth-order valence-electron chi connectivity index (χ4n) is 1.77. The number of benzene rings is 1. The Kier molecular flexibility index (Phi) is 6.30. The number of amides is 1. The smallest absolute Gasteiger partial charge is 0.341 e. The van der Waals surface area contributed by atoms with E-state index in [9.17, 15) is 9.59 Å². The third kappa shape index (κ3) is 4.26. The fourth-order valence-corrected chi connectivity index (χ4v) is 1.93. The Morgan fingerprint density at radius 1 is 1.29 bits per heavy atom. The number of nitrogens with zero attached hydrogens (tertiary/aromatic N) is 1. The van der Waals surface area contributed by atoms with E-state index < -0.39 is 5.97 Å². The Balaban J connectivity index is 2.94. The summed E-state index contributed by atoms with van der Waals surface area (Å²) in [6.07, 6.45) is 0. The Hall–Kier alpha value is -1.95. The van der Waals surface area contributed by atoms with Crippen molar-refractivity contribution in [3.63, 3.8) is 0 Å². The largest absolute Gasteiger partial charge is 0.483 e. The van der Waals surface area contributed by atoms with E-state index in [0.717, 1.165) is 0 Å². The topological polar surface area (TPSA) is 81.9 Å². The molecule has 21 heavy (non-hydrogen) atoms. The van der Waals surface area contributed by atoms with Gasteiger partial charge in [-0.15, -0.1) is 0 Å². The fraction of sp³-hybridized carbons (Fsp3) is 0.429. The van der Waals surface area contributed by atoms with Crippen molar-refractivity contribution in [2.45, 2.75) is 13.8 Å². The number of ether oxygens (including phenoxy) is 2. The zero-order valence-electron chi connectivity index (χ0n) is 12.3. The molecule has 0 atom stereocenters. The number of hydrogen-bond acceptors (Lipinski definition) is 5. The van der Waals surface area contributed by atoms with Crippen LogP contribution >= 0.6 is 11.6 Å². The Labute approximate surface area is 128 Å². The second kappa shape index (κ2) is 7.73. The van der Waals surface area contributed by atoms with Crippen molar-refractivity contribution in [2.24, 2.45) is 0 Å². The van der Waals surface area contributed by atoms with Gasteiger partial charge in [0, 0.05) is 19.2 Å². The van der Waals surface area contributed by atoms with Crippen molar-refractivity contribution in [3.8, 4) is 5.75 Å². The number of methoxy groups -OCH3 is 1. The highest BCUT2D eigenvalue weighted by Crippen LogP contribution is 2.29. The van der Waals surface area contributed by atoms with E-state index in [2.05, 4.69) is 4.74 Å². The van der Waals surface area contributed by atoms with Crippen LogP contribution in [0.3, 0.4) is 0 Å². The summed E-state index contributed by atoms with van der Waals surface area (Å²) in [5, 5.41) is 0.220. The van der Waals surface area contributed by atoms with Gasteiger partial charge in [0.1, 0.15) is 11.3 Å². The van der Waals surface area contributed by atoms with Crippen LogP contribution in [-0.4, -0.2) is 43.6 Å². The molecule has 0 saturated carbocycles. The summed E-state index contributed by atoms with van der Waals surface area (Å²) >= 11 is 5.88. The molecule has 2 N–H and O–H groups in total. The van der Waals surface area contributed by atoms with Crippen molar-refractivity contribution in [1.29, 1.82) is 0 Å². The minimum Gasteiger partial charge on any atom is -0.483 e.